The molecule has 3 aromatic rings. The summed E-state index contributed by atoms with van der Waals surface area (Å²) in [5.74, 6) is 1.20. The molecule has 5 heteroatoms. The van der Waals surface area contributed by atoms with Gasteiger partial charge >= 0.3 is 0 Å². The lowest BCUT2D eigenvalue weighted by molar-refractivity contribution is 0.814. The number of hydrogen-bond acceptors (Lipinski definition) is 2. The minimum absolute atomic E-state index is 0.647. The lowest BCUT2D eigenvalue weighted by Gasteiger charge is -2.24. The Morgan fingerprint density at radius 2 is 1.92 bits per heavy atom. The molecule has 2 heterocycles. The van der Waals surface area contributed by atoms with Crippen LogP contribution in [-0.2, 0) is 6.42 Å². The third-order valence-electron chi connectivity index (χ3n) is 5.01. The maximum Gasteiger partial charge on any atom is 0.139 e. The van der Waals surface area contributed by atoms with Crippen LogP contribution in [0.5, 0.6) is 0 Å². The standard InChI is InChI=1S/C21H21Cl2N3/c1-3-25(4-2)20-10-6-9-19-24-21-16(7-5-8-18(21)26(19)20)15-12-11-14(22)13-17(15)23/h6-7,9-13H,3-5,8H2,1-2H3. The number of anilines is 1. The molecule has 0 aliphatic heterocycles. The first-order valence-electron chi connectivity index (χ1n) is 9.05. The van der Waals surface area contributed by atoms with Gasteiger partial charge < -0.3 is 4.90 Å². The molecule has 0 saturated heterocycles. The summed E-state index contributed by atoms with van der Waals surface area (Å²) < 4.78 is 2.30. The fraction of sp³-hybridized carbons (Fsp3) is 0.286. The van der Waals surface area contributed by atoms with Gasteiger partial charge in [-0.3, -0.25) is 4.40 Å². The molecule has 26 heavy (non-hydrogen) atoms. The first-order chi connectivity index (χ1) is 12.6. The van der Waals surface area contributed by atoms with E-state index in [2.05, 4.69) is 47.4 Å². The van der Waals surface area contributed by atoms with E-state index < -0.39 is 0 Å². The highest BCUT2D eigenvalue weighted by Gasteiger charge is 2.23. The van der Waals surface area contributed by atoms with Crippen molar-refractivity contribution in [1.82, 2.24) is 9.38 Å². The predicted octanol–water partition coefficient (Wildman–Crippen LogP) is 5.87. The van der Waals surface area contributed by atoms with Crippen LogP contribution in [0.4, 0.5) is 5.82 Å². The molecule has 0 bridgehead atoms. The lowest BCUT2D eigenvalue weighted by Crippen LogP contribution is -2.24. The van der Waals surface area contributed by atoms with E-state index in [1.807, 2.05) is 12.1 Å². The van der Waals surface area contributed by atoms with Crippen molar-refractivity contribution in [1.29, 1.82) is 0 Å². The summed E-state index contributed by atoms with van der Waals surface area (Å²) >= 11 is 12.6. The molecule has 0 N–H and O–H groups in total. The molecule has 0 atom stereocenters. The molecule has 0 fully saturated rings. The van der Waals surface area contributed by atoms with Crippen LogP contribution < -0.4 is 4.90 Å². The molecule has 0 saturated carbocycles. The van der Waals surface area contributed by atoms with E-state index >= 15 is 0 Å². The first kappa shape index (κ1) is 17.4. The highest BCUT2D eigenvalue weighted by atomic mass is 35.5. The summed E-state index contributed by atoms with van der Waals surface area (Å²) in [6.07, 6.45) is 4.19. The molecule has 0 radical (unpaired) electrons. The second-order valence-corrected chi connectivity index (χ2v) is 7.28. The van der Waals surface area contributed by atoms with Crippen molar-refractivity contribution in [2.24, 2.45) is 0 Å². The quantitative estimate of drug-likeness (QED) is 0.559. The summed E-state index contributed by atoms with van der Waals surface area (Å²) in [6, 6.07) is 12.0. The van der Waals surface area contributed by atoms with Gasteiger partial charge in [0.15, 0.2) is 0 Å². The molecule has 2 aromatic heterocycles. The predicted molar refractivity (Wildman–Crippen MR) is 111 cm³/mol. The SMILES string of the molecule is CCN(CC)c1cccc2nc3c(n12)CCC=C3c1ccc(Cl)cc1Cl. The van der Waals surface area contributed by atoms with Crippen LogP contribution in [0.3, 0.4) is 0 Å². The summed E-state index contributed by atoms with van der Waals surface area (Å²) in [7, 11) is 0. The number of aromatic nitrogens is 2. The third kappa shape index (κ3) is 2.80. The Hall–Kier alpha value is -1.97. The van der Waals surface area contributed by atoms with Crippen LogP contribution in [0.2, 0.25) is 10.0 Å². The van der Waals surface area contributed by atoms with Crippen molar-refractivity contribution in [3.63, 3.8) is 0 Å². The number of fused-ring (bicyclic) bond motifs is 3. The van der Waals surface area contributed by atoms with Crippen molar-refractivity contribution in [3.05, 3.63) is 69.5 Å². The van der Waals surface area contributed by atoms with Gasteiger partial charge in [-0.25, -0.2) is 4.98 Å². The Kier molecular flexibility index (Phi) is 4.68. The van der Waals surface area contributed by atoms with E-state index in [-0.39, 0.29) is 0 Å². The minimum Gasteiger partial charge on any atom is -0.358 e. The van der Waals surface area contributed by atoms with Gasteiger partial charge in [0.25, 0.3) is 0 Å². The Bertz CT molecular complexity index is 1000. The molecule has 0 unspecified atom stereocenters. The van der Waals surface area contributed by atoms with Crippen LogP contribution in [0.1, 0.15) is 37.2 Å². The number of allylic oxidation sites excluding steroid dienone is 1. The molecule has 0 spiro atoms. The van der Waals surface area contributed by atoms with Crippen LogP contribution in [-0.4, -0.2) is 22.5 Å². The molecule has 1 aliphatic rings. The molecule has 0 amide bonds. The zero-order chi connectivity index (χ0) is 18.3. The van der Waals surface area contributed by atoms with E-state index in [1.165, 1.54) is 11.5 Å². The van der Waals surface area contributed by atoms with E-state index in [0.29, 0.717) is 10.0 Å². The average molecular weight is 386 g/mol. The molecular formula is C21H21Cl2N3. The second-order valence-electron chi connectivity index (χ2n) is 6.44. The summed E-state index contributed by atoms with van der Waals surface area (Å²) in [4.78, 5) is 7.33. The van der Waals surface area contributed by atoms with E-state index in [4.69, 9.17) is 28.2 Å². The molecule has 1 aromatic carbocycles. The van der Waals surface area contributed by atoms with E-state index in [0.717, 1.165) is 48.4 Å². The van der Waals surface area contributed by atoms with Crippen LogP contribution >= 0.6 is 23.2 Å². The molecule has 4 rings (SSSR count). The summed E-state index contributed by atoms with van der Waals surface area (Å²) in [6.45, 7) is 6.30. The highest BCUT2D eigenvalue weighted by molar-refractivity contribution is 6.35. The largest absolute Gasteiger partial charge is 0.358 e. The van der Waals surface area contributed by atoms with Gasteiger partial charge in [0.1, 0.15) is 11.5 Å². The number of halogens is 2. The smallest absolute Gasteiger partial charge is 0.139 e. The number of aryl methyl sites for hydroxylation is 1. The van der Waals surface area contributed by atoms with Crippen molar-refractivity contribution < 1.29 is 0 Å². The van der Waals surface area contributed by atoms with Crippen molar-refractivity contribution in [2.75, 3.05) is 18.0 Å². The maximum atomic E-state index is 6.49. The van der Waals surface area contributed by atoms with Crippen LogP contribution in [0.15, 0.2) is 42.5 Å². The Labute approximate surface area is 163 Å². The van der Waals surface area contributed by atoms with Crippen molar-refractivity contribution >= 4 is 40.2 Å². The second kappa shape index (κ2) is 6.98. The highest BCUT2D eigenvalue weighted by Crippen LogP contribution is 2.37. The van der Waals surface area contributed by atoms with Gasteiger partial charge in [-0.05, 0) is 51.0 Å². The monoisotopic (exact) mass is 385 g/mol. The number of hydrogen-bond donors (Lipinski definition) is 0. The van der Waals surface area contributed by atoms with Gasteiger partial charge in [0.2, 0.25) is 0 Å². The van der Waals surface area contributed by atoms with Crippen LogP contribution in [0.25, 0.3) is 11.2 Å². The summed E-state index contributed by atoms with van der Waals surface area (Å²) in [5.41, 5.74) is 5.36. The number of pyridine rings is 1. The fourth-order valence-electron chi connectivity index (χ4n) is 3.77. The van der Waals surface area contributed by atoms with Gasteiger partial charge in [-0.15, -0.1) is 0 Å². The summed E-state index contributed by atoms with van der Waals surface area (Å²) in [5, 5.41) is 1.31. The van der Waals surface area contributed by atoms with Gasteiger partial charge in [0, 0.05) is 34.3 Å². The lowest BCUT2D eigenvalue weighted by atomic mass is 9.94. The van der Waals surface area contributed by atoms with E-state index in [1.54, 1.807) is 6.07 Å². The van der Waals surface area contributed by atoms with Crippen molar-refractivity contribution in [2.45, 2.75) is 26.7 Å². The van der Waals surface area contributed by atoms with Gasteiger partial charge in [0.05, 0.1) is 11.4 Å². The third-order valence-corrected chi connectivity index (χ3v) is 5.56. The molecule has 3 nitrogen and oxygen atoms in total. The number of imidazole rings is 1. The van der Waals surface area contributed by atoms with E-state index in [9.17, 15) is 0 Å². The maximum absolute atomic E-state index is 6.49. The Morgan fingerprint density at radius 1 is 1.12 bits per heavy atom. The molecule has 134 valence electrons. The Morgan fingerprint density at radius 3 is 2.65 bits per heavy atom. The minimum atomic E-state index is 0.647. The fourth-order valence-corrected chi connectivity index (χ4v) is 4.28. The molecule has 1 aliphatic carbocycles. The van der Waals surface area contributed by atoms with Gasteiger partial charge in [-0.2, -0.15) is 0 Å². The average Bonchev–Trinajstić information content (AvgIpc) is 3.02. The number of nitrogens with zero attached hydrogens (tertiary/aromatic N) is 3. The Balaban J connectivity index is 1.92. The van der Waals surface area contributed by atoms with Crippen molar-refractivity contribution in [3.8, 4) is 0 Å². The normalized spacial score (nSPS) is 13.6. The number of benzene rings is 1. The zero-order valence-electron chi connectivity index (χ0n) is 15.0. The number of rotatable bonds is 4. The first-order valence-corrected chi connectivity index (χ1v) is 9.80. The topological polar surface area (TPSA) is 20.5 Å². The molecular weight excluding hydrogens is 365 g/mol. The van der Waals surface area contributed by atoms with Gasteiger partial charge in [-0.1, -0.05) is 41.4 Å². The zero-order valence-corrected chi connectivity index (χ0v) is 16.5. The van der Waals surface area contributed by atoms with Crippen LogP contribution in [0, 0.1) is 0 Å².